The van der Waals surface area contributed by atoms with Crippen molar-refractivity contribution in [3.8, 4) is 0 Å². The molecule has 1 heterocycles. The van der Waals surface area contributed by atoms with Crippen LogP contribution in [0.1, 0.15) is 5.56 Å². The third kappa shape index (κ3) is 2.16. The summed E-state index contributed by atoms with van der Waals surface area (Å²) in [5, 5.41) is 8.97. The van der Waals surface area contributed by atoms with Gasteiger partial charge in [0, 0.05) is 0 Å². The minimum absolute atomic E-state index is 0.235. The molecule has 0 atom stereocenters. The Labute approximate surface area is 103 Å². The summed E-state index contributed by atoms with van der Waals surface area (Å²) in [6.07, 6.45) is 1.77. The van der Waals surface area contributed by atoms with Gasteiger partial charge in [-0.2, -0.15) is 0 Å². The number of aliphatic hydroxyl groups is 1. The molecule has 1 aliphatic rings. The van der Waals surface area contributed by atoms with E-state index >= 15 is 0 Å². The molecule has 1 aromatic carbocycles. The van der Waals surface area contributed by atoms with Crippen LogP contribution in [0.2, 0.25) is 0 Å². The van der Waals surface area contributed by atoms with E-state index in [1.54, 1.807) is 6.08 Å². The van der Waals surface area contributed by atoms with Gasteiger partial charge in [-0.1, -0.05) is 54.3 Å². The van der Waals surface area contributed by atoms with Gasteiger partial charge >= 0.3 is 0 Å². The van der Waals surface area contributed by atoms with E-state index in [9.17, 15) is 4.79 Å². The SMILES string of the molecule is O=C1/C(=C/c2ccccc2)SC(=S)N1CO. The van der Waals surface area contributed by atoms with Gasteiger partial charge in [-0.25, -0.2) is 0 Å². The maximum Gasteiger partial charge on any atom is 0.268 e. The average Bonchev–Trinajstić information content (AvgIpc) is 2.55. The number of benzene rings is 1. The van der Waals surface area contributed by atoms with E-state index in [0.717, 1.165) is 5.56 Å². The highest BCUT2D eigenvalue weighted by Gasteiger charge is 2.31. The molecule has 1 aliphatic heterocycles. The first-order chi connectivity index (χ1) is 7.72. The fourth-order valence-corrected chi connectivity index (χ4v) is 2.56. The lowest BCUT2D eigenvalue weighted by Crippen LogP contribution is -2.28. The van der Waals surface area contributed by atoms with Gasteiger partial charge in [-0.15, -0.1) is 0 Å². The van der Waals surface area contributed by atoms with Crippen LogP contribution in [0.4, 0.5) is 0 Å². The Morgan fingerprint density at radius 3 is 2.62 bits per heavy atom. The number of amides is 1. The van der Waals surface area contributed by atoms with Crippen LogP contribution in [0.3, 0.4) is 0 Å². The number of carbonyl (C=O) groups is 1. The van der Waals surface area contributed by atoms with Gasteiger partial charge in [-0.3, -0.25) is 9.69 Å². The summed E-state index contributed by atoms with van der Waals surface area (Å²) in [6.45, 7) is -0.364. The van der Waals surface area contributed by atoms with Crippen LogP contribution in [0.25, 0.3) is 6.08 Å². The Kier molecular flexibility index (Phi) is 3.38. The Morgan fingerprint density at radius 2 is 2.06 bits per heavy atom. The number of hydrogen-bond donors (Lipinski definition) is 1. The van der Waals surface area contributed by atoms with Gasteiger partial charge in [0.2, 0.25) is 0 Å². The zero-order chi connectivity index (χ0) is 11.5. The number of hydrogen-bond acceptors (Lipinski definition) is 4. The molecule has 16 heavy (non-hydrogen) atoms. The molecule has 82 valence electrons. The fraction of sp³-hybridized carbons (Fsp3) is 0.0909. The Bertz CT molecular complexity index is 456. The van der Waals surface area contributed by atoms with Gasteiger partial charge in [-0.05, 0) is 11.6 Å². The minimum Gasteiger partial charge on any atom is -0.376 e. The van der Waals surface area contributed by atoms with Crippen LogP contribution < -0.4 is 0 Å². The summed E-state index contributed by atoms with van der Waals surface area (Å²) in [6, 6.07) is 9.53. The van der Waals surface area contributed by atoms with Crippen molar-refractivity contribution in [3.05, 3.63) is 40.8 Å². The molecule has 0 unspecified atom stereocenters. The fourth-order valence-electron chi connectivity index (χ4n) is 1.32. The molecule has 5 heteroatoms. The molecular weight excluding hydrogens is 242 g/mol. The second-order valence-corrected chi connectivity index (χ2v) is 4.84. The number of thiocarbonyl (C=S) groups is 1. The quantitative estimate of drug-likeness (QED) is 0.643. The van der Waals surface area contributed by atoms with Gasteiger partial charge in [0.25, 0.3) is 5.91 Å². The lowest BCUT2D eigenvalue weighted by molar-refractivity contribution is -0.124. The van der Waals surface area contributed by atoms with E-state index in [0.29, 0.717) is 9.23 Å². The molecule has 1 N–H and O–H groups in total. The summed E-state index contributed by atoms with van der Waals surface area (Å²) in [5.41, 5.74) is 0.945. The molecule has 0 aliphatic carbocycles. The predicted molar refractivity (Wildman–Crippen MR) is 68.5 cm³/mol. The summed E-state index contributed by atoms with van der Waals surface area (Å²) in [5.74, 6) is -0.235. The lowest BCUT2D eigenvalue weighted by atomic mass is 10.2. The van der Waals surface area contributed by atoms with Crippen molar-refractivity contribution in [2.45, 2.75) is 0 Å². The summed E-state index contributed by atoms with van der Waals surface area (Å²) in [7, 11) is 0. The molecule has 0 bridgehead atoms. The molecule has 3 nitrogen and oxygen atoms in total. The number of aliphatic hydroxyl groups excluding tert-OH is 1. The van der Waals surface area contributed by atoms with Crippen molar-refractivity contribution < 1.29 is 9.90 Å². The minimum atomic E-state index is -0.364. The van der Waals surface area contributed by atoms with Crippen LogP contribution in [0, 0.1) is 0 Å². The lowest BCUT2D eigenvalue weighted by Gasteiger charge is -2.08. The molecule has 0 aromatic heterocycles. The third-order valence-corrected chi connectivity index (χ3v) is 3.49. The van der Waals surface area contributed by atoms with E-state index < -0.39 is 0 Å². The van der Waals surface area contributed by atoms with Crippen LogP contribution in [-0.2, 0) is 4.79 Å². The van der Waals surface area contributed by atoms with Gasteiger partial charge < -0.3 is 5.11 Å². The van der Waals surface area contributed by atoms with Crippen molar-refractivity contribution in [2.75, 3.05) is 6.73 Å². The molecule has 1 saturated heterocycles. The molecule has 0 radical (unpaired) electrons. The highest BCUT2D eigenvalue weighted by molar-refractivity contribution is 8.26. The molecule has 0 saturated carbocycles. The normalized spacial score (nSPS) is 18.6. The largest absolute Gasteiger partial charge is 0.376 e. The first kappa shape index (κ1) is 11.3. The Hall–Kier alpha value is -1.17. The van der Waals surface area contributed by atoms with Crippen LogP contribution in [0.15, 0.2) is 35.2 Å². The molecule has 2 rings (SSSR count). The maximum absolute atomic E-state index is 11.7. The van der Waals surface area contributed by atoms with Crippen molar-refractivity contribution in [3.63, 3.8) is 0 Å². The smallest absolute Gasteiger partial charge is 0.268 e. The van der Waals surface area contributed by atoms with Crippen molar-refractivity contribution in [1.82, 2.24) is 4.90 Å². The zero-order valence-corrected chi connectivity index (χ0v) is 9.92. The van der Waals surface area contributed by atoms with Crippen molar-refractivity contribution in [2.24, 2.45) is 0 Å². The standard InChI is InChI=1S/C11H9NO2S2/c13-7-12-10(14)9(16-11(12)15)6-8-4-2-1-3-5-8/h1-6,13H,7H2/b9-6-. The monoisotopic (exact) mass is 251 g/mol. The predicted octanol–water partition coefficient (Wildman–Crippen LogP) is 1.84. The van der Waals surface area contributed by atoms with Crippen LogP contribution >= 0.6 is 24.0 Å². The summed E-state index contributed by atoms with van der Waals surface area (Å²) < 4.78 is 0.398. The van der Waals surface area contributed by atoms with E-state index in [1.807, 2.05) is 30.3 Å². The van der Waals surface area contributed by atoms with Crippen LogP contribution in [0.5, 0.6) is 0 Å². The Morgan fingerprint density at radius 1 is 1.38 bits per heavy atom. The number of thioether (sulfide) groups is 1. The second-order valence-electron chi connectivity index (χ2n) is 3.16. The highest BCUT2D eigenvalue weighted by atomic mass is 32.2. The first-order valence-corrected chi connectivity index (χ1v) is 5.86. The number of nitrogens with zero attached hydrogens (tertiary/aromatic N) is 1. The number of carbonyl (C=O) groups excluding carboxylic acids is 1. The van der Waals surface area contributed by atoms with Crippen LogP contribution in [-0.4, -0.2) is 27.0 Å². The molecule has 0 spiro atoms. The topological polar surface area (TPSA) is 40.5 Å². The third-order valence-electron chi connectivity index (χ3n) is 2.11. The first-order valence-electron chi connectivity index (χ1n) is 4.63. The van der Waals surface area contributed by atoms with Crippen molar-refractivity contribution in [1.29, 1.82) is 0 Å². The van der Waals surface area contributed by atoms with E-state index in [2.05, 4.69) is 0 Å². The van der Waals surface area contributed by atoms with E-state index in [1.165, 1.54) is 16.7 Å². The van der Waals surface area contributed by atoms with Gasteiger partial charge in [0.1, 0.15) is 11.1 Å². The average molecular weight is 251 g/mol. The molecule has 1 amide bonds. The second kappa shape index (κ2) is 4.78. The number of rotatable bonds is 2. The van der Waals surface area contributed by atoms with Gasteiger partial charge in [0.05, 0.1) is 4.91 Å². The molecule has 1 aromatic rings. The molecule has 1 fully saturated rings. The summed E-state index contributed by atoms with van der Waals surface area (Å²) in [4.78, 5) is 13.5. The Balaban J connectivity index is 2.27. The maximum atomic E-state index is 11.7. The zero-order valence-electron chi connectivity index (χ0n) is 8.29. The van der Waals surface area contributed by atoms with Gasteiger partial charge in [0.15, 0.2) is 0 Å². The van der Waals surface area contributed by atoms with E-state index in [4.69, 9.17) is 17.3 Å². The van der Waals surface area contributed by atoms with Crippen molar-refractivity contribution >= 4 is 40.3 Å². The molecular formula is C11H9NO2S2. The summed E-state index contributed by atoms with van der Waals surface area (Å²) >= 11 is 6.19. The van der Waals surface area contributed by atoms with E-state index in [-0.39, 0.29) is 12.6 Å². The highest BCUT2D eigenvalue weighted by Crippen LogP contribution is 2.31.